The number of thioether (sulfide) groups is 1. The van der Waals surface area contributed by atoms with Crippen molar-refractivity contribution in [3.63, 3.8) is 0 Å². The first-order valence-corrected chi connectivity index (χ1v) is 38.7. The van der Waals surface area contributed by atoms with Gasteiger partial charge in [0.25, 0.3) is 0 Å². The number of benzene rings is 3. The van der Waals surface area contributed by atoms with Crippen molar-refractivity contribution in [2.45, 2.75) is 203 Å². The highest BCUT2D eigenvalue weighted by Gasteiger charge is 2.39. The van der Waals surface area contributed by atoms with Crippen LogP contribution in [0.25, 0.3) is 0 Å². The lowest BCUT2D eigenvalue weighted by atomic mass is 10.00. The fourth-order valence-electron chi connectivity index (χ4n) is 11.5. The van der Waals surface area contributed by atoms with Crippen LogP contribution in [0.2, 0.25) is 0 Å². The number of aliphatic hydroxyl groups is 1. The summed E-state index contributed by atoms with van der Waals surface area (Å²) in [6.07, 6.45) is -6.82. The monoisotopic (exact) mass is 1660 g/mol. The lowest BCUT2D eigenvalue weighted by molar-refractivity contribution is -0.139. The first-order chi connectivity index (χ1) is 55.2. The van der Waals surface area contributed by atoms with E-state index >= 15 is 0 Å². The number of amides is 15. The van der Waals surface area contributed by atoms with Gasteiger partial charge in [0.2, 0.25) is 88.6 Å². The Morgan fingerprint density at radius 2 is 0.709 bits per heavy atom. The van der Waals surface area contributed by atoms with Crippen LogP contribution in [0.4, 0.5) is 0 Å². The SMILES string of the molecule is CSCC[C@H](NC(=O)[C@H](Cc1ccc(O)cc1)NC(=O)[C@@H](NC(=O)[C@H](CCC(=O)O)NC(=O)[C@H](CCCNC(=N)N)NC(=O)[C@H](CCC(N)=O)NC(=O)[C@H](CCCNC(=N)N)NC(=O)[C@H](Cc1ccccc1)NC(=O)[C@H](CCC(=O)O)NC(=O)[C@H](CC(N)=O)NC(C)=O)[C@@H](C)O)C(=O)N[C@H](C(=O)N[C@@H](Cc1ccccc1)C(N)=O)C(C)C. The summed E-state index contributed by atoms with van der Waals surface area (Å²) in [5, 5.41) is 90.6. The summed E-state index contributed by atoms with van der Waals surface area (Å²) in [6.45, 7) is 5.07. The fourth-order valence-corrected chi connectivity index (χ4v) is 11.9. The van der Waals surface area contributed by atoms with Crippen LogP contribution < -0.4 is 103 Å². The third kappa shape index (κ3) is 38.3. The Morgan fingerprint density at radius 1 is 0.385 bits per heavy atom. The molecule has 0 saturated heterocycles. The molecule has 0 saturated carbocycles. The highest BCUT2D eigenvalue weighted by molar-refractivity contribution is 7.98. The van der Waals surface area contributed by atoms with Gasteiger partial charge in [0, 0.05) is 58.5 Å². The average Bonchev–Trinajstić information content (AvgIpc) is 0.846. The number of aliphatic hydroxyl groups excluding tert-OH is 1. The van der Waals surface area contributed by atoms with Crippen molar-refractivity contribution in [2.24, 2.45) is 34.6 Å². The number of rotatable bonds is 54. The van der Waals surface area contributed by atoms with Gasteiger partial charge in [-0.05, 0) is 105 Å². The fraction of sp³-hybridized carbons (Fsp3) is 0.500. The maximum absolute atomic E-state index is 14.7. The molecule has 0 unspecified atom stereocenters. The first-order valence-electron chi connectivity index (χ1n) is 37.3. The van der Waals surface area contributed by atoms with E-state index in [9.17, 15) is 102 Å². The molecule has 0 aliphatic rings. The number of guanidine groups is 2. The molecule has 642 valence electrons. The first kappa shape index (κ1) is 98.5. The standard InChI is InChI=1S/C74H109N21O21S/c1-38(2)59(71(115)91-51(61(77)105)34-41-14-8-6-9-15-41)94-67(111)50(30-33-117-5)90-69(113)53(36-43-20-22-44(98)23-21-43)93-72(116)60(39(3)96)95-66(110)49(26-29-58(103)104)88-62(106)45(18-12-31-82-73(78)79)85-64(108)47(24-27-55(75)99)87-63(107)46(19-13-32-83-74(80)81)86-68(112)52(35-42-16-10-7-11-17-42)92-65(109)48(25-28-57(101)102)89-70(114)54(37-56(76)100)84-40(4)97/h6-11,14-17,20-23,38-39,45-54,59-60,96,98H,12-13,18-19,24-37H2,1-5H3,(H2,75,99)(H2,76,100)(H2,77,105)(H,84,97)(H,85,108)(H,86,112)(H,87,107)(H,88,106)(H,89,114)(H,90,113)(H,91,115)(H,92,109)(H,93,116)(H,94,111)(H,95,110)(H,101,102)(H,103,104)(H4,78,79,82)(H4,80,81,83)/t39-,45+,46+,47+,48+,49+,50+,51+,52+,53+,54+,59+,60+/m1/s1. The van der Waals surface area contributed by atoms with Crippen LogP contribution in [0.15, 0.2) is 84.9 Å². The molecule has 0 bridgehead atoms. The van der Waals surface area contributed by atoms with E-state index in [-0.39, 0.29) is 69.5 Å². The van der Waals surface area contributed by atoms with Crippen molar-refractivity contribution in [2.75, 3.05) is 25.1 Å². The second-order valence-electron chi connectivity index (χ2n) is 27.7. The van der Waals surface area contributed by atoms with Crippen LogP contribution in [0.5, 0.6) is 5.75 Å². The molecule has 0 radical (unpaired) electrons. The van der Waals surface area contributed by atoms with E-state index in [4.69, 9.17) is 39.5 Å². The molecule has 0 heterocycles. The Morgan fingerprint density at radius 3 is 1.07 bits per heavy atom. The van der Waals surface area contributed by atoms with Crippen molar-refractivity contribution in [1.29, 1.82) is 10.8 Å². The molecule has 42 nitrogen and oxygen atoms in total. The largest absolute Gasteiger partial charge is 0.508 e. The van der Waals surface area contributed by atoms with Gasteiger partial charge < -0.3 is 124 Å². The number of carbonyl (C=O) groups excluding carboxylic acids is 15. The number of nitrogens with two attached hydrogens (primary N) is 5. The number of aromatic hydroxyl groups is 1. The van der Waals surface area contributed by atoms with Crippen LogP contribution >= 0.6 is 11.8 Å². The number of primary amides is 3. The summed E-state index contributed by atoms with van der Waals surface area (Å²) in [7, 11) is 0. The van der Waals surface area contributed by atoms with Crippen molar-refractivity contribution < 1.29 is 102 Å². The molecule has 3 aromatic carbocycles. The minimum absolute atomic E-state index is 0.0215. The summed E-state index contributed by atoms with van der Waals surface area (Å²) >= 11 is 1.29. The quantitative estimate of drug-likeness (QED) is 0.0142. The third-order valence-electron chi connectivity index (χ3n) is 17.6. The number of phenols is 1. The molecule has 13 atom stereocenters. The van der Waals surface area contributed by atoms with E-state index in [0.29, 0.717) is 16.7 Å². The Kier molecular flexibility index (Phi) is 43.1. The maximum atomic E-state index is 14.7. The number of phenolic OH excluding ortho intramolecular Hbond substituents is 1. The van der Waals surface area contributed by atoms with Gasteiger partial charge in [0.1, 0.15) is 78.3 Å². The molecule has 3 aromatic rings. The van der Waals surface area contributed by atoms with Gasteiger partial charge in [-0.25, -0.2) is 0 Å². The van der Waals surface area contributed by atoms with Gasteiger partial charge in [0.15, 0.2) is 11.9 Å². The van der Waals surface area contributed by atoms with E-state index in [2.05, 4.69) is 74.4 Å². The number of hydrogen-bond donors (Lipinski definition) is 25. The van der Waals surface area contributed by atoms with Crippen LogP contribution in [0.3, 0.4) is 0 Å². The summed E-state index contributed by atoms with van der Waals surface area (Å²) in [5.74, 6) is -20.5. The minimum atomic E-state index is -2.05. The van der Waals surface area contributed by atoms with Gasteiger partial charge in [-0.2, -0.15) is 11.8 Å². The van der Waals surface area contributed by atoms with Gasteiger partial charge in [-0.3, -0.25) is 92.3 Å². The van der Waals surface area contributed by atoms with Crippen molar-refractivity contribution >= 4 is 124 Å². The second kappa shape index (κ2) is 51.2. The summed E-state index contributed by atoms with van der Waals surface area (Å²) < 4.78 is 0. The second-order valence-corrected chi connectivity index (χ2v) is 28.7. The lowest BCUT2D eigenvalue weighted by Gasteiger charge is -2.29. The molecule has 0 aromatic heterocycles. The molecular weight excluding hydrogens is 1550 g/mol. The molecule has 43 heteroatoms. The Balaban J connectivity index is 2.07. The highest BCUT2D eigenvalue weighted by Crippen LogP contribution is 2.17. The predicted molar refractivity (Wildman–Crippen MR) is 424 cm³/mol. The summed E-state index contributed by atoms with van der Waals surface area (Å²) in [6, 6.07) is 1.86. The average molecular weight is 1660 g/mol. The number of nitrogens with one attached hydrogen (secondary N) is 16. The molecular formula is C74H109N21O21S. The number of aliphatic carboxylic acids is 2. The number of carboxylic acids is 2. The van der Waals surface area contributed by atoms with Crippen molar-refractivity contribution in [1.82, 2.24) is 74.4 Å². The van der Waals surface area contributed by atoms with E-state index in [0.717, 1.165) is 13.8 Å². The van der Waals surface area contributed by atoms with Gasteiger partial charge in [-0.15, -0.1) is 0 Å². The van der Waals surface area contributed by atoms with E-state index < -0.39 is 248 Å². The predicted octanol–water partition coefficient (Wildman–Crippen LogP) is -6.07. The number of carbonyl (C=O) groups is 17. The third-order valence-corrected chi connectivity index (χ3v) is 18.3. The normalized spacial score (nSPS) is 14.2. The van der Waals surface area contributed by atoms with E-state index in [1.165, 1.54) is 36.0 Å². The highest BCUT2D eigenvalue weighted by atomic mass is 32.2. The van der Waals surface area contributed by atoms with Crippen molar-refractivity contribution in [3.8, 4) is 5.75 Å². The Hall–Kier alpha value is -12.7. The Bertz CT molecular complexity index is 3920. The summed E-state index contributed by atoms with van der Waals surface area (Å²) in [4.78, 5) is 231. The molecule has 117 heavy (non-hydrogen) atoms. The zero-order valence-corrected chi connectivity index (χ0v) is 66.2. The molecule has 0 aliphatic heterocycles. The smallest absolute Gasteiger partial charge is 0.303 e. The van der Waals surface area contributed by atoms with Crippen LogP contribution in [0, 0.1) is 16.7 Å². The maximum Gasteiger partial charge on any atom is 0.303 e. The van der Waals surface area contributed by atoms with Gasteiger partial charge >= 0.3 is 11.9 Å². The zero-order valence-electron chi connectivity index (χ0n) is 65.4. The molecule has 15 amide bonds. The van der Waals surface area contributed by atoms with Gasteiger partial charge in [0.05, 0.1) is 12.5 Å². The van der Waals surface area contributed by atoms with E-state index in [1.807, 2.05) is 0 Å². The Labute approximate surface area is 678 Å². The molecule has 0 aliphatic carbocycles. The van der Waals surface area contributed by atoms with Crippen molar-refractivity contribution in [3.05, 3.63) is 102 Å². The molecule has 0 spiro atoms. The van der Waals surface area contributed by atoms with Crippen LogP contribution in [-0.4, -0.2) is 237 Å². The summed E-state index contributed by atoms with van der Waals surface area (Å²) in [5.41, 5.74) is 28.9. The molecule has 3 rings (SSSR count). The topological polar surface area (TPSA) is 717 Å². The zero-order chi connectivity index (χ0) is 87.6. The van der Waals surface area contributed by atoms with Gasteiger partial charge in [-0.1, -0.05) is 86.6 Å². The lowest BCUT2D eigenvalue weighted by Crippen LogP contribution is -2.62. The van der Waals surface area contributed by atoms with Crippen LogP contribution in [-0.2, 0) is 101 Å². The molecule has 30 N–H and O–H groups in total. The van der Waals surface area contributed by atoms with Crippen LogP contribution in [0.1, 0.15) is 121 Å². The minimum Gasteiger partial charge on any atom is -0.508 e. The van der Waals surface area contributed by atoms with E-state index in [1.54, 1.807) is 80.8 Å². The number of carboxylic acid groups (broad SMARTS) is 2. The number of hydrogen-bond acceptors (Lipinski definition) is 22. The molecule has 0 fully saturated rings.